The van der Waals surface area contributed by atoms with Crippen molar-refractivity contribution in [3.05, 3.63) is 59.2 Å². The Morgan fingerprint density at radius 1 is 1.09 bits per heavy atom. The maximum atomic E-state index is 13.6. The molecule has 0 aromatic heterocycles. The van der Waals surface area contributed by atoms with Crippen LogP contribution < -0.4 is 9.62 Å². The van der Waals surface area contributed by atoms with Crippen molar-refractivity contribution >= 4 is 27.6 Å². The van der Waals surface area contributed by atoms with Crippen molar-refractivity contribution in [2.45, 2.75) is 42.9 Å². The van der Waals surface area contributed by atoms with E-state index in [9.17, 15) is 31.2 Å². The van der Waals surface area contributed by atoms with Crippen molar-refractivity contribution in [3.8, 4) is 0 Å². The van der Waals surface area contributed by atoms with Crippen LogP contribution in [0.2, 0.25) is 0 Å². The number of imide groups is 1. The molecule has 1 heterocycles. The highest BCUT2D eigenvalue weighted by molar-refractivity contribution is 7.89. The third-order valence-electron chi connectivity index (χ3n) is 6.45. The van der Waals surface area contributed by atoms with Crippen molar-refractivity contribution in [2.24, 2.45) is 5.14 Å². The molecular weight excluding hydrogens is 447 g/mol. The summed E-state index contributed by atoms with van der Waals surface area (Å²) < 4.78 is 62.3. The summed E-state index contributed by atoms with van der Waals surface area (Å²) in [6.45, 7) is 1.88. The van der Waals surface area contributed by atoms with E-state index in [4.69, 9.17) is 5.14 Å². The number of hydrogen-bond donors (Lipinski definition) is 1. The third-order valence-corrected chi connectivity index (χ3v) is 7.36. The maximum Gasteiger partial charge on any atom is 0.431 e. The first-order valence-corrected chi connectivity index (χ1v) is 11.3. The second kappa shape index (κ2) is 6.87. The number of nitrogens with two attached hydrogens (primary N) is 1. The van der Waals surface area contributed by atoms with Gasteiger partial charge >= 0.3 is 12.2 Å². The molecule has 7 nitrogen and oxygen atoms in total. The molecule has 1 aliphatic heterocycles. The molecule has 2 N–H and O–H groups in total. The van der Waals surface area contributed by atoms with Crippen LogP contribution in [0.15, 0.2) is 47.4 Å². The summed E-state index contributed by atoms with van der Waals surface area (Å²) in [6.07, 6.45) is -3.19. The summed E-state index contributed by atoms with van der Waals surface area (Å²) in [5.74, 6) is -0.666. The minimum atomic E-state index is -4.49. The number of fused-ring (bicyclic) bond motifs is 1. The molecule has 32 heavy (non-hydrogen) atoms. The van der Waals surface area contributed by atoms with Crippen LogP contribution in [-0.4, -0.2) is 37.8 Å². The van der Waals surface area contributed by atoms with Crippen LogP contribution in [0.1, 0.15) is 41.3 Å². The van der Waals surface area contributed by atoms with E-state index in [0.29, 0.717) is 24.1 Å². The Labute approximate surface area is 182 Å². The molecule has 3 amide bonds. The molecule has 1 unspecified atom stereocenters. The smallest absolute Gasteiger partial charge is 0.268 e. The van der Waals surface area contributed by atoms with Crippen LogP contribution in [0, 0.1) is 0 Å². The first kappa shape index (κ1) is 22.4. The Balaban J connectivity index is 1.91. The van der Waals surface area contributed by atoms with Crippen LogP contribution in [0.3, 0.4) is 0 Å². The van der Waals surface area contributed by atoms with Crippen molar-refractivity contribution in [1.82, 2.24) is 9.38 Å². The van der Waals surface area contributed by atoms with E-state index in [2.05, 4.69) is 0 Å². The number of benzene rings is 2. The van der Waals surface area contributed by atoms with Gasteiger partial charge in [0.2, 0.25) is 10.0 Å². The molecule has 1 aliphatic carbocycles. The Bertz CT molecular complexity index is 1240. The van der Waals surface area contributed by atoms with Crippen LogP contribution in [-0.2, 0) is 22.7 Å². The molecular formula is C21H21F3N3O4S+. The fourth-order valence-electron chi connectivity index (χ4n) is 4.32. The quantitative estimate of drug-likeness (QED) is 0.693. The maximum absolute atomic E-state index is 13.6. The number of amides is 3. The van der Waals surface area contributed by atoms with Crippen molar-refractivity contribution in [3.63, 3.8) is 0 Å². The zero-order chi connectivity index (χ0) is 23.7. The van der Waals surface area contributed by atoms with Crippen LogP contribution in [0.5, 0.6) is 0 Å². The van der Waals surface area contributed by atoms with Crippen molar-refractivity contribution < 1.29 is 31.2 Å². The van der Waals surface area contributed by atoms with Crippen LogP contribution in [0.25, 0.3) is 0 Å². The number of urea groups is 1. The lowest BCUT2D eigenvalue weighted by molar-refractivity contribution is -0.137. The summed E-state index contributed by atoms with van der Waals surface area (Å²) in [6, 6.07) is 7.82. The van der Waals surface area contributed by atoms with E-state index in [1.165, 1.54) is 31.3 Å². The van der Waals surface area contributed by atoms with Gasteiger partial charge in [-0.2, -0.15) is 17.7 Å². The fourth-order valence-corrected chi connectivity index (χ4v) is 4.86. The molecule has 0 saturated heterocycles. The van der Waals surface area contributed by atoms with Gasteiger partial charge in [0, 0.05) is 31.5 Å². The third kappa shape index (κ3) is 3.31. The predicted octanol–water partition coefficient (Wildman–Crippen LogP) is 3.62. The number of sulfonamides is 1. The molecule has 0 spiro atoms. The number of primary sulfonamides is 1. The van der Waals surface area contributed by atoms with Gasteiger partial charge in [0.15, 0.2) is 5.69 Å². The number of carbonyl (C=O) groups is 2. The van der Waals surface area contributed by atoms with E-state index in [1.54, 1.807) is 0 Å². The Kier molecular flexibility index (Phi) is 4.81. The summed E-state index contributed by atoms with van der Waals surface area (Å²) in [5, 5.41) is 5.22. The highest BCUT2D eigenvalue weighted by Gasteiger charge is 2.66. The summed E-state index contributed by atoms with van der Waals surface area (Å²) in [4.78, 5) is 27.1. The number of rotatable bonds is 4. The molecule has 0 radical (unpaired) electrons. The largest absolute Gasteiger partial charge is 0.431 e. The molecule has 2 aromatic carbocycles. The van der Waals surface area contributed by atoms with Gasteiger partial charge < -0.3 is 0 Å². The minimum Gasteiger partial charge on any atom is -0.268 e. The van der Waals surface area contributed by atoms with E-state index < -0.39 is 39.2 Å². The molecule has 2 aliphatic rings. The van der Waals surface area contributed by atoms with E-state index in [0.717, 1.165) is 23.1 Å². The Hall–Kier alpha value is -2.76. The highest BCUT2D eigenvalue weighted by Crippen LogP contribution is 2.54. The lowest BCUT2D eigenvalue weighted by Crippen LogP contribution is -2.68. The van der Waals surface area contributed by atoms with E-state index in [1.807, 2.05) is 6.92 Å². The van der Waals surface area contributed by atoms with E-state index >= 15 is 0 Å². The number of alkyl halides is 3. The van der Waals surface area contributed by atoms with Crippen LogP contribution in [0.4, 0.5) is 23.7 Å². The molecule has 4 rings (SSSR count). The highest BCUT2D eigenvalue weighted by atomic mass is 32.2. The number of carbonyl (C=O) groups excluding carboxylic acids is 2. The second-order valence-electron chi connectivity index (χ2n) is 8.53. The number of halogens is 3. The van der Waals surface area contributed by atoms with Gasteiger partial charge in [-0.25, -0.2) is 23.3 Å². The van der Waals surface area contributed by atoms with Gasteiger partial charge in [-0.05, 0) is 31.2 Å². The molecule has 170 valence electrons. The first-order valence-electron chi connectivity index (χ1n) is 9.75. The summed E-state index contributed by atoms with van der Waals surface area (Å²) in [5.41, 5.74) is -0.597. The molecule has 1 saturated carbocycles. The summed E-state index contributed by atoms with van der Waals surface area (Å²) in [7, 11) is -2.79. The molecule has 11 heteroatoms. The molecule has 1 atom stereocenters. The molecule has 2 aromatic rings. The zero-order valence-corrected chi connectivity index (χ0v) is 18.1. The Morgan fingerprint density at radius 2 is 1.69 bits per heavy atom. The predicted molar refractivity (Wildman–Crippen MR) is 110 cm³/mol. The Morgan fingerprint density at radius 3 is 2.19 bits per heavy atom. The fraction of sp³-hybridized carbons (Fsp3) is 0.333. The normalized spacial score (nSPS) is 22.6. The van der Waals surface area contributed by atoms with Crippen molar-refractivity contribution in [2.75, 3.05) is 7.05 Å². The number of nitrogens with zero attached hydrogens (tertiary/aromatic N) is 2. The lowest BCUT2D eigenvalue weighted by atomic mass is 9.98. The van der Waals surface area contributed by atoms with Crippen molar-refractivity contribution in [1.29, 1.82) is 0 Å². The van der Waals surface area contributed by atoms with Gasteiger partial charge in [0.05, 0.1) is 10.5 Å². The van der Waals surface area contributed by atoms with Gasteiger partial charge in [0.1, 0.15) is 17.6 Å². The second-order valence-corrected chi connectivity index (χ2v) is 10.1. The average Bonchev–Trinajstić information content (AvgIpc) is 3.47. The lowest BCUT2D eigenvalue weighted by Gasteiger charge is -2.46. The monoisotopic (exact) mass is 468 g/mol. The average molecular weight is 468 g/mol. The topological polar surface area (TPSA) is 97.5 Å². The van der Waals surface area contributed by atoms with Gasteiger partial charge in [-0.3, -0.25) is 4.79 Å². The molecule has 1 fully saturated rings. The zero-order valence-electron chi connectivity index (χ0n) is 17.3. The number of quaternary nitrogens is 1. The van der Waals surface area contributed by atoms with E-state index in [-0.39, 0.29) is 21.5 Å². The standard InChI is InChI=1S/C21H21F3N3O4S/c1-20(9-10-20)27(12-13-3-5-14(6-4-13)21(22,23)24)17-8-7-15(32(25,30)31)11-16(17)18(28)26(2)19(27)29/h3-8,11H,9-10,12H2,1-2H3,(H2,25,30,31)/q+1. The SMILES string of the molecule is CN1C(=O)c2cc(S(N)(=O)=O)ccc2[N+](Cc2ccc(C(F)(F)F)cc2)(C2(C)CC2)C1=O. The van der Waals surface area contributed by atoms with Gasteiger partial charge in [-0.1, -0.05) is 12.1 Å². The summed E-state index contributed by atoms with van der Waals surface area (Å²) >= 11 is 0. The molecule has 0 bridgehead atoms. The van der Waals surface area contributed by atoms with Crippen LogP contribution >= 0.6 is 0 Å². The van der Waals surface area contributed by atoms with Gasteiger partial charge in [-0.15, -0.1) is 0 Å². The number of hydrogen-bond acceptors (Lipinski definition) is 4. The minimum absolute atomic E-state index is 0.00676. The first-order chi connectivity index (χ1) is 14.7. The van der Waals surface area contributed by atoms with Gasteiger partial charge in [0.25, 0.3) is 5.91 Å².